The van der Waals surface area contributed by atoms with Gasteiger partial charge >= 0.3 is 0 Å². The molecule has 0 spiro atoms. The van der Waals surface area contributed by atoms with Crippen LogP contribution in [-0.2, 0) is 13.5 Å². The Morgan fingerprint density at radius 1 is 1.30 bits per heavy atom. The fourth-order valence-corrected chi connectivity index (χ4v) is 3.92. The third-order valence-electron chi connectivity index (χ3n) is 5.35. The average Bonchev–Trinajstić information content (AvgIpc) is 3.06. The second-order valence-electron chi connectivity index (χ2n) is 7.59. The number of likely N-dealkylation sites (tertiary alicyclic amines) is 1. The van der Waals surface area contributed by atoms with Crippen LogP contribution >= 0.6 is 0 Å². The maximum Gasteiger partial charge on any atom is 0.270 e. The Morgan fingerprint density at radius 2 is 2.07 bits per heavy atom. The van der Waals surface area contributed by atoms with Gasteiger partial charge in [0, 0.05) is 32.9 Å². The summed E-state index contributed by atoms with van der Waals surface area (Å²) in [6, 6.07) is 14.1. The van der Waals surface area contributed by atoms with Gasteiger partial charge in [0.1, 0.15) is 11.8 Å². The summed E-state index contributed by atoms with van der Waals surface area (Å²) in [4.78, 5) is 17.6. The van der Waals surface area contributed by atoms with Crippen LogP contribution in [0.4, 0.5) is 0 Å². The fourth-order valence-electron chi connectivity index (χ4n) is 3.92. The lowest BCUT2D eigenvalue weighted by Gasteiger charge is -2.34. The van der Waals surface area contributed by atoms with E-state index in [1.54, 1.807) is 16.8 Å². The molecule has 1 fully saturated rings. The molecule has 0 aliphatic carbocycles. The number of carbonyl (C=O) groups is 1. The number of rotatable bonds is 6. The van der Waals surface area contributed by atoms with Crippen LogP contribution in [0.25, 0.3) is 0 Å². The fraction of sp³-hybridized carbons (Fsp3) is 0.455. The number of carbonyl (C=O) groups excluding carboxylic acids is 1. The summed E-state index contributed by atoms with van der Waals surface area (Å²) in [5.74, 6) is 0.516. The number of amides is 1. The molecule has 1 amide bonds. The first-order valence-corrected chi connectivity index (χ1v) is 9.65. The lowest BCUT2D eigenvalue weighted by molar-refractivity contribution is 0.0684. The van der Waals surface area contributed by atoms with Gasteiger partial charge in [0.25, 0.3) is 5.91 Å². The first-order valence-electron chi connectivity index (χ1n) is 9.65. The number of benzene rings is 1. The molecule has 3 rings (SSSR count). The molecule has 142 valence electrons. The van der Waals surface area contributed by atoms with Gasteiger partial charge < -0.3 is 14.4 Å². The molecule has 2 heterocycles. The van der Waals surface area contributed by atoms with Crippen molar-refractivity contribution in [1.82, 2.24) is 14.4 Å². The van der Waals surface area contributed by atoms with Gasteiger partial charge in [0.05, 0.1) is 5.56 Å². The molecule has 0 N–H and O–H groups in total. The third kappa shape index (κ3) is 4.99. The molecule has 5 heteroatoms. The lowest BCUT2D eigenvalue weighted by atomic mass is 9.97. The van der Waals surface area contributed by atoms with Gasteiger partial charge in [0.15, 0.2) is 0 Å². The highest BCUT2D eigenvalue weighted by molar-refractivity contribution is 5.93. The number of hydrogen-bond acceptors (Lipinski definition) is 3. The average molecular weight is 364 g/mol. The van der Waals surface area contributed by atoms with E-state index in [0.29, 0.717) is 23.7 Å². The largest absolute Gasteiger partial charge is 0.345 e. The van der Waals surface area contributed by atoms with Gasteiger partial charge in [-0.2, -0.15) is 5.26 Å². The summed E-state index contributed by atoms with van der Waals surface area (Å²) in [6.45, 7) is 3.63. The highest BCUT2D eigenvalue weighted by atomic mass is 16.2. The molecule has 27 heavy (non-hydrogen) atoms. The number of hydrogen-bond donors (Lipinski definition) is 0. The predicted octanol–water partition coefficient (Wildman–Crippen LogP) is 2.92. The highest BCUT2D eigenvalue weighted by Crippen LogP contribution is 2.19. The Labute approximate surface area is 161 Å². The smallest absolute Gasteiger partial charge is 0.270 e. The molecular formula is C22H28N4O. The van der Waals surface area contributed by atoms with Crippen molar-refractivity contribution in [2.45, 2.75) is 19.3 Å². The van der Waals surface area contributed by atoms with Gasteiger partial charge in [0.2, 0.25) is 0 Å². The molecule has 0 radical (unpaired) electrons. The van der Waals surface area contributed by atoms with E-state index in [1.807, 2.05) is 30.1 Å². The molecule has 2 aromatic rings. The summed E-state index contributed by atoms with van der Waals surface area (Å²) in [7, 11) is 3.98. The molecule has 0 saturated carbocycles. The van der Waals surface area contributed by atoms with Crippen LogP contribution in [-0.4, -0.2) is 53.5 Å². The Kier molecular flexibility index (Phi) is 6.31. The minimum absolute atomic E-state index is 0.0168. The summed E-state index contributed by atoms with van der Waals surface area (Å²) < 4.78 is 1.77. The first kappa shape index (κ1) is 19.2. The van der Waals surface area contributed by atoms with E-state index >= 15 is 0 Å². The molecule has 1 atom stereocenters. The normalized spacial score (nSPS) is 17.4. The first-order chi connectivity index (χ1) is 13.1. The zero-order valence-corrected chi connectivity index (χ0v) is 16.3. The van der Waals surface area contributed by atoms with Gasteiger partial charge in [-0.25, -0.2) is 0 Å². The van der Waals surface area contributed by atoms with E-state index < -0.39 is 0 Å². The van der Waals surface area contributed by atoms with Crippen LogP contribution in [0.5, 0.6) is 0 Å². The number of nitriles is 1. The van der Waals surface area contributed by atoms with Crippen LogP contribution in [0.1, 0.15) is 34.5 Å². The maximum absolute atomic E-state index is 13.3. The van der Waals surface area contributed by atoms with Crippen LogP contribution in [0.3, 0.4) is 0 Å². The molecule has 0 bridgehead atoms. The third-order valence-corrected chi connectivity index (χ3v) is 5.35. The monoisotopic (exact) mass is 364 g/mol. The zero-order chi connectivity index (χ0) is 19.2. The van der Waals surface area contributed by atoms with E-state index in [4.69, 9.17) is 5.26 Å². The SMILES string of the molecule is CN1CCCC(CN(CCc2ccccc2)C(=O)c2cc(C#N)cn2C)C1. The minimum Gasteiger partial charge on any atom is -0.345 e. The molecule has 1 aromatic heterocycles. The Bertz CT molecular complexity index is 805. The van der Waals surface area contributed by atoms with Gasteiger partial charge in [-0.1, -0.05) is 30.3 Å². The number of aromatic nitrogens is 1. The molecule has 5 nitrogen and oxygen atoms in total. The molecule has 1 saturated heterocycles. The summed E-state index contributed by atoms with van der Waals surface area (Å²) >= 11 is 0. The van der Waals surface area contributed by atoms with Crippen LogP contribution in [0.15, 0.2) is 42.6 Å². The lowest BCUT2D eigenvalue weighted by Crippen LogP contribution is -2.42. The van der Waals surface area contributed by atoms with Crippen molar-refractivity contribution >= 4 is 5.91 Å². The second kappa shape index (κ2) is 8.88. The van der Waals surface area contributed by atoms with Gasteiger partial charge in [-0.05, 0) is 50.4 Å². The maximum atomic E-state index is 13.3. The topological polar surface area (TPSA) is 52.3 Å². The van der Waals surface area contributed by atoms with Crippen LogP contribution in [0.2, 0.25) is 0 Å². The Balaban J connectivity index is 1.76. The zero-order valence-electron chi connectivity index (χ0n) is 16.3. The number of aryl methyl sites for hydroxylation is 1. The molecule has 1 aromatic carbocycles. The van der Waals surface area contributed by atoms with Crippen molar-refractivity contribution in [1.29, 1.82) is 5.26 Å². The molecule has 1 unspecified atom stereocenters. The molecule has 1 aliphatic rings. The summed E-state index contributed by atoms with van der Waals surface area (Å²) in [5, 5.41) is 9.14. The number of nitrogens with zero attached hydrogens (tertiary/aromatic N) is 4. The van der Waals surface area contributed by atoms with E-state index in [2.05, 4.69) is 30.1 Å². The standard InChI is InChI=1S/C22H28N4O/c1-24-11-6-9-19(15-24)17-26(12-10-18-7-4-3-5-8-18)22(27)21-13-20(14-23)16-25(21)2/h3-5,7-8,13,16,19H,6,9-12,15,17H2,1-2H3. The van der Waals surface area contributed by atoms with Crippen molar-refractivity contribution in [3.8, 4) is 6.07 Å². The summed E-state index contributed by atoms with van der Waals surface area (Å²) in [6.07, 6.45) is 4.91. The Morgan fingerprint density at radius 3 is 2.74 bits per heavy atom. The van der Waals surface area contributed by atoms with Crippen molar-refractivity contribution in [3.05, 3.63) is 59.4 Å². The Hall–Kier alpha value is -2.58. The van der Waals surface area contributed by atoms with Crippen molar-refractivity contribution in [2.75, 3.05) is 33.2 Å². The second-order valence-corrected chi connectivity index (χ2v) is 7.59. The molecule has 1 aliphatic heterocycles. The summed E-state index contributed by atoms with van der Waals surface area (Å²) in [5.41, 5.74) is 2.35. The minimum atomic E-state index is 0.0168. The van der Waals surface area contributed by atoms with Gasteiger partial charge in [-0.3, -0.25) is 4.79 Å². The van der Waals surface area contributed by atoms with Crippen molar-refractivity contribution in [3.63, 3.8) is 0 Å². The van der Waals surface area contributed by atoms with E-state index in [-0.39, 0.29) is 5.91 Å². The van der Waals surface area contributed by atoms with Crippen molar-refractivity contribution in [2.24, 2.45) is 13.0 Å². The number of piperidine rings is 1. The quantitative estimate of drug-likeness (QED) is 0.792. The van der Waals surface area contributed by atoms with Crippen LogP contribution < -0.4 is 0 Å². The van der Waals surface area contributed by atoms with Crippen molar-refractivity contribution < 1.29 is 4.79 Å². The van der Waals surface area contributed by atoms with E-state index in [0.717, 1.165) is 32.5 Å². The van der Waals surface area contributed by atoms with E-state index in [1.165, 1.54) is 12.0 Å². The molecular weight excluding hydrogens is 336 g/mol. The predicted molar refractivity (Wildman–Crippen MR) is 106 cm³/mol. The van der Waals surface area contributed by atoms with E-state index in [9.17, 15) is 4.79 Å². The van der Waals surface area contributed by atoms with Crippen LogP contribution in [0, 0.1) is 17.2 Å². The highest BCUT2D eigenvalue weighted by Gasteiger charge is 2.25. The van der Waals surface area contributed by atoms with Gasteiger partial charge in [-0.15, -0.1) is 0 Å².